The minimum absolute atomic E-state index is 0.0907. The maximum absolute atomic E-state index is 15.1. The second-order valence-corrected chi connectivity index (χ2v) is 10.2. The highest BCUT2D eigenvalue weighted by Crippen LogP contribution is 2.38. The maximum atomic E-state index is 15.1. The lowest BCUT2D eigenvalue weighted by Gasteiger charge is -2.20. The predicted octanol–water partition coefficient (Wildman–Crippen LogP) is 7.17. The monoisotopic (exact) mass is 505 g/mol. The molecule has 5 nitrogen and oxygen atoms in total. The molecule has 0 spiro atoms. The number of rotatable bonds is 7. The van der Waals surface area contributed by atoms with Crippen LogP contribution in [0.4, 0.5) is 9.18 Å². The number of carbonyl (C=O) groups is 2. The molecule has 0 amide bonds. The van der Waals surface area contributed by atoms with E-state index in [2.05, 4.69) is 0 Å². The molecule has 1 aromatic heterocycles. The fraction of sp³-hybridized carbons (Fsp3) is 0.385. The molecule has 0 aliphatic carbocycles. The molecule has 0 saturated heterocycles. The first-order valence-electron chi connectivity index (χ1n) is 11.0. The third-order valence-electron chi connectivity index (χ3n) is 5.22. The van der Waals surface area contributed by atoms with Crippen molar-refractivity contribution in [3.63, 3.8) is 0 Å². The van der Waals surface area contributed by atoms with E-state index in [0.717, 1.165) is 10.9 Å². The van der Waals surface area contributed by atoms with Crippen LogP contribution in [0.15, 0.2) is 42.6 Å². The van der Waals surface area contributed by atoms with Crippen molar-refractivity contribution in [2.45, 2.75) is 51.4 Å². The van der Waals surface area contributed by atoms with Crippen LogP contribution in [0, 0.1) is 5.82 Å². The number of para-hydroxylation sites is 1. The lowest BCUT2D eigenvalue weighted by Crippen LogP contribution is -2.27. The summed E-state index contributed by atoms with van der Waals surface area (Å²) < 4.78 is 27.4. The van der Waals surface area contributed by atoms with Crippen molar-refractivity contribution < 1.29 is 23.5 Å². The first kappa shape index (κ1) is 26.1. The summed E-state index contributed by atoms with van der Waals surface area (Å²) in [7, 11) is 0. The van der Waals surface area contributed by atoms with Gasteiger partial charge in [0.05, 0.1) is 18.5 Å². The standard InChI is InChI=1S/C26H29ClFNO4S/c1-6-32-23(30)13-20(18-11-10-17(27)12-22(18)28)21-14-29(25(31)33-26(2,3)4)24-16(15-34-5)8-7-9-19(21)24/h7-12,14,20H,6,13,15H2,1-5H3. The summed E-state index contributed by atoms with van der Waals surface area (Å²) in [6, 6.07) is 10.1. The number of benzene rings is 2. The molecule has 2 aromatic carbocycles. The lowest BCUT2D eigenvalue weighted by atomic mass is 9.87. The van der Waals surface area contributed by atoms with Crippen molar-refractivity contribution in [3.05, 3.63) is 70.1 Å². The van der Waals surface area contributed by atoms with E-state index in [4.69, 9.17) is 21.1 Å². The average Bonchev–Trinajstić information content (AvgIpc) is 3.12. The third-order valence-corrected chi connectivity index (χ3v) is 6.05. The van der Waals surface area contributed by atoms with E-state index in [1.54, 1.807) is 57.8 Å². The number of halogens is 2. The molecule has 0 N–H and O–H groups in total. The van der Waals surface area contributed by atoms with Crippen molar-refractivity contribution in [1.29, 1.82) is 0 Å². The van der Waals surface area contributed by atoms with Gasteiger partial charge in [-0.05, 0) is 62.8 Å². The first-order valence-corrected chi connectivity index (χ1v) is 12.8. The summed E-state index contributed by atoms with van der Waals surface area (Å²) in [5.41, 5.74) is 1.86. The molecule has 0 saturated carbocycles. The van der Waals surface area contributed by atoms with Gasteiger partial charge in [0.25, 0.3) is 0 Å². The number of hydrogen-bond donors (Lipinski definition) is 0. The molecule has 8 heteroatoms. The van der Waals surface area contributed by atoms with Crippen LogP contribution in [-0.2, 0) is 20.0 Å². The molecule has 182 valence electrons. The molecule has 0 radical (unpaired) electrons. The third kappa shape index (κ3) is 5.94. The minimum Gasteiger partial charge on any atom is -0.466 e. The molecule has 1 unspecified atom stereocenters. The normalized spacial score (nSPS) is 12.6. The molecule has 0 aliphatic rings. The van der Waals surface area contributed by atoms with Crippen LogP contribution in [0.25, 0.3) is 10.9 Å². The zero-order valence-corrected chi connectivity index (χ0v) is 21.6. The van der Waals surface area contributed by atoms with Gasteiger partial charge in [-0.15, -0.1) is 0 Å². The van der Waals surface area contributed by atoms with Crippen LogP contribution in [0.3, 0.4) is 0 Å². The topological polar surface area (TPSA) is 57.5 Å². The quantitative estimate of drug-likeness (QED) is 0.319. The van der Waals surface area contributed by atoms with Crippen LogP contribution < -0.4 is 0 Å². The second-order valence-electron chi connectivity index (χ2n) is 8.91. The number of fused-ring (bicyclic) bond motifs is 1. The average molecular weight is 506 g/mol. The number of aromatic nitrogens is 1. The van der Waals surface area contributed by atoms with Crippen LogP contribution in [0.5, 0.6) is 0 Å². The number of ether oxygens (including phenoxy) is 2. The Labute approximate surface area is 208 Å². The Bertz CT molecular complexity index is 1200. The van der Waals surface area contributed by atoms with Gasteiger partial charge >= 0.3 is 12.1 Å². The predicted molar refractivity (Wildman–Crippen MR) is 135 cm³/mol. The van der Waals surface area contributed by atoms with Gasteiger partial charge < -0.3 is 9.47 Å². The highest BCUT2D eigenvalue weighted by atomic mass is 35.5. The summed E-state index contributed by atoms with van der Waals surface area (Å²) in [5.74, 6) is -1.01. The van der Waals surface area contributed by atoms with Gasteiger partial charge in [-0.3, -0.25) is 9.36 Å². The number of carbonyl (C=O) groups excluding carboxylic acids is 2. The van der Waals surface area contributed by atoms with Crippen LogP contribution >= 0.6 is 23.4 Å². The van der Waals surface area contributed by atoms with E-state index in [1.807, 2.05) is 24.5 Å². The Morgan fingerprint density at radius 2 is 1.91 bits per heavy atom. The van der Waals surface area contributed by atoms with Gasteiger partial charge in [0.1, 0.15) is 11.4 Å². The molecular weight excluding hydrogens is 477 g/mol. The van der Waals surface area contributed by atoms with Gasteiger partial charge in [-0.1, -0.05) is 35.9 Å². The van der Waals surface area contributed by atoms with E-state index < -0.39 is 29.4 Å². The van der Waals surface area contributed by atoms with Gasteiger partial charge in [0, 0.05) is 28.3 Å². The van der Waals surface area contributed by atoms with E-state index >= 15 is 4.39 Å². The Morgan fingerprint density at radius 3 is 2.53 bits per heavy atom. The van der Waals surface area contributed by atoms with Crippen LogP contribution in [-0.4, -0.2) is 35.1 Å². The Balaban J connectivity index is 2.27. The molecule has 3 rings (SSSR count). The van der Waals surface area contributed by atoms with Crippen LogP contribution in [0.2, 0.25) is 5.02 Å². The Morgan fingerprint density at radius 1 is 1.18 bits per heavy atom. The lowest BCUT2D eigenvalue weighted by molar-refractivity contribution is -0.143. The van der Waals surface area contributed by atoms with Crippen molar-refractivity contribution in [2.24, 2.45) is 0 Å². The molecule has 1 heterocycles. The van der Waals surface area contributed by atoms with Crippen molar-refractivity contribution in [3.8, 4) is 0 Å². The van der Waals surface area contributed by atoms with Crippen LogP contribution in [0.1, 0.15) is 56.7 Å². The Kier molecular flexibility index (Phi) is 8.31. The van der Waals surface area contributed by atoms with Crippen molar-refractivity contribution in [2.75, 3.05) is 12.9 Å². The van der Waals surface area contributed by atoms with Crippen molar-refractivity contribution in [1.82, 2.24) is 4.57 Å². The van der Waals surface area contributed by atoms with E-state index in [0.29, 0.717) is 22.4 Å². The van der Waals surface area contributed by atoms with E-state index in [1.165, 1.54) is 10.6 Å². The second kappa shape index (κ2) is 10.8. The van der Waals surface area contributed by atoms with Crippen molar-refractivity contribution >= 4 is 46.3 Å². The molecule has 0 fully saturated rings. The highest BCUT2D eigenvalue weighted by Gasteiger charge is 2.29. The fourth-order valence-electron chi connectivity index (χ4n) is 3.94. The molecular formula is C26H29ClFNO4S. The van der Waals surface area contributed by atoms with E-state index in [9.17, 15) is 9.59 Å². The highest BCUT2D eigenvalue weighted by molar-refractivity contribution is 7.97. The van der Waals surface area contributed by atoms with Gasteiger partial charge in [-0.2, -0.15) is 11.8 Å². The Hall–Kier alpha value is -2.51. The number of esters is 1. The summed E-state index contributed by atoms with van der Waals surface area (Å²) in [6.45, 7) is 7.33. The molecule has 1 atom stereocenters. The summed E-state index contributed by atoms with van der Waals surface area (Å²) in [6.07, 6.45) is 3.00. The summed E-state index contributed by atoms with van der Waals surface area (Å²) in [5, 5.41) is 1.01. The van der Waals surface area contributed by atoms with E-state index in [-0.39, 0.29) is 18.1 Å². The largest absolute Gasteiger partial charge is 0.466 e. The number of thioether (sulfide) groups is 1. The smallest absolute Gasteiger partial charge is 0.419 e. The maximum Gasteiger partial charge on any atom is 0.419 e. The van der Waals surface area contributed by atoms with Gasteiger partial charge in [0.2, 0.25) is 0 Å². The zero-order valence-electron chi connectivity index (χ0n) is 20.0. The molecule has 34 heavy (non-hydrogen) atoms. The summed E-state index contributed by atoms with van der Waals surface area (Å²) in [4.78, 5) is 25.7. The van der Waals surface area contributed by atoms with Gasteiger partial charge in [-0.25, -0.2) is 9.18 Å². The summed E-state index contributed by atoms with van der Waals surface area (Å²) >= 11 is 7.61. The molecule has 3 aromatic rings. The SMILES string of the molecule is CCOC(=O)CC(c1ccc(Cl)cc1F)c1cn(C(=O)OC(C)(C)C)c2c(CSC)cccc12. The number of hydrogen-bond acceptors (Lipinski definition) is 5. The first-order chi connectivity index (χ1) is 16.1. The fourth-order valence-corrected chi connectivity index (χ4v) is 4.65. The molecule has 0 bridgehead atoms. The minimum atomic E-state index is -0.699. The molecule has 0 aliphatic heterocycles. The zero-order chi connectivity index (χ0) is 25.0. The number of nitrogens with zero attached hydrogens (tertiary/aromatic N) is 1. The van der Waals surface area contributed by atoms with Gasteiger partial charge in [0.15, 0.2) is 0 Å².